The Labute approximate surface area is 121 Å². The first-order valence-corrected chi connectivity index (χ1v) is 6.44. The molecule has 0 aliphatic carbocycles. The summed E-state index contributed by atoms with van der Waals surface area (Å²) in [5.41, 5.74) is 1.77. The van der Waals surface area contributed by atoms with Crippen molar-refractivity contribution in [2.45, 2.75) is 0 Å². The maximum atomic E-state index is 12.1. The van der Waals surface area contributed by atoms with Crippen molar-refractivity contribution in [1.82, 2.24) is 0 Å². The largest absolute Gasteiger partial charge is 0.482 e. The highest BCUT2D eigenvalue weighted by Gasteiger charge is 2.27. The number of hydrogen-bond donors (Lipinski definition) is 0. The molecule has 5 nitrogen and oxygen atoms in total. The predicted octanol–water partition coefficient (Wildman–Crippen LogP) is 2.53. The van der Waals surface area contributed by atoms with Gasteiger partial charge in [-0.1, -0.05) is 18.2 Å². The normalized spacial score (nSPS) is 13.4. The van der Waals surface area contributed by atoms with E-state index in [1.165, 1.54) is 7.11 Å². The SMILES string of the molecule is COC(=O)c1ccc2c(c1)OCC(=O)N2c1ccccc1. The van der Waals surface area contributed by atoms with Gasteiger partial charge in [0.2, 0.25) is 0 Å². The van der Waals surface area contributed by atoms with Crippen molar-refractivity contribution in [3.05, 3.63) is 54.1 Å². The third-order valence-corrected chi connectivity index (χ3v) is 3.24. The first kappa shape index (κ1) is 13.2. The molecule has 0 spiro atoms. The van der Waals surface area contributed by atoms with E-state index in [1.54, 1.807) is 23.1 Å². The molecule has 0 fully saturated rings. The second-order valence-electron chi connectivity index (χ2n) is 4.53. The van der Waals surface area contributed by atoms with E-state index in [0.717, 1.165) is 5.69 Å². The highest BCUT2D eigenvalue weighted by molar-refractivity contribution is 6.05. The van der Waals surface area contributed by atoms with Crippen molar-refractivity contribution in [1.29, 1.82) is 0 Å². The van der Waals surface area contributed by atoms with E-state index in [2.05, 4.69) is 4.74 Å². The van der Waals surface area contributed by atoms with Crippen molar-refractivity contribution in [2.75, 3.05) is 18.6 Å². The molecule has 1 heterocycles. The van der Waals surface area contributed by atoms with E-state index < -0.39 is 5.97 Å². The summed E-state index contributed by atoms with van der Waals surface area (Å²) in [5.74, 6) is -0.106. The molecule has 0 aromatic heterocycles. The van der Waals surface area contributed by atoms with Gasteiger partial charge in [-0.05, 0) is 30.3 Å². The molecular weight excluding hydrogens is 270 g/mol. The molecule has 0 saturated heterocycles. The van der Waals surface area contributed by atoms with Crippen LogP contribution in [0.2, 0.25) is 0 Å². The molecule has 1 aliphatic heterocycles. The minimum absolute atomic E-state index is 0.0630. The van der Waals surface area contributed by atoms with Crippen LogP contribution in [0.15, 0.2) is 48.5 Å². The van der Waals surface area contributed by atoms with Gasteiger partial charge in [0.05, 0.1) is 18.4 Å². The highest BCUT2D eigenvalue weighted by atomic mass is 16.5. The Kier molecular flexibility index (Phi) is 3.31. The molecule has 0 saturated carbocycles. The first-order chi connectivity index (χ1) is 10.2. The lowest BCUT2D eigenvalue weighted by atomic mass is 10.1. The van der Waals surface area contributed by atoms with Crippen molar-refractivity contribution in [3.8, 4) is 5.75 Å². The number of nitrogens with zero attached hydrogens (tertiary/aromatic N) is 1. The number of carbonyl (C=O) groups is 2. The van der Waals surface area contributed by atoms with Crippen LogP contribution < -0.4 is 9.64 Å². The van der Waals surface area contributed by atoms with E-state index in [-0.39, 0.29) is 12.5 Å². The van der Waals surface area contributed by atoms with Crippen LogP contribution in [0.25, 0.3) is 0 Å². The van der Waals surface area contributed by atoms with Gasteiger partial charge in [0.25, 0.3) is 5.91 Å². The molecule has 106 valence electrons. The summed E-state index contributed by atoms with van der Waals surface area (Å²) in [4.78, 5) is 25.3. The Hall–Kier alpha value is -2.82. The van der Waals surface area contributed by atoms with Crippen molar-refractivity contribution in [2.24, 2.45) is 0 Å². The van der Waals surface area contributed by atoms with Crippen molar-refractivity contribution >= 4 is 23.3 Å². The van der Waals surface area contributed by atoms with Gasteiger partial charge in [0.1, 0.15) is 5.75 Å². The summed E-state index contributed by atoms with van der Waals surface area (Å²) >= 11 is 0. The summed E-state index contributed by atoms with van der Waals surface area (Å²) in [7, 11) is 1.32. The van der Waals surface area contributed by atoms with Gasteiger partial charge in [-0.2, -0.15) is 0 Å². The van der Waals surface area contributed by atoms with Crippen LogP contribution in [0, 0.1) is 0 Å². The lowest BCUT2D eigenvalue weighted by Crippen LogP contribution is -2.35. The van der Waals surface area contributed by atoms with E-state index in [1.807, 2.05) is 30.3 Å². The Morgan fingerprint density at radius 1 is 1.19 bits per heavy atom. The van der Waals surface area contributed by atoms with Crippen LogP contribution >= 0.6 is 0 Å². The average molecular weight is 283 g/mol. The predicted molar refractivity (Wildman–Crippen MR) is 76.9 cm³/mol. The van der Waals surface area contributed by atoms with Gasteiger partial charge in [-0.25, -0.2) is 4.79 Å². The summed E-state index contributed by atoms with van der Waals surface area (Å²) < 4.78 is 10.1. The zero-order valence-corrected chi connectivity index (χ0v) is 11.4. The molecule has 0 atom stereocenters. The number of hydrogen-bond acceptors (Lipinski definition) is 4. The standard InChI is InChI=1S/C16H13NO4/c1-20-16(19)11-7-8-13-14(9-11)21-10-15(18)17(13)12-5-3-2-4-6-12/h2-9H,10H2,1H3. The molecule has 5 heteroatoms. The first-order valence-electron chi connectivity index (χ1n) is 6.44. The molecule has 0 N–H and O–H groups in total. The molecule has 0 radical (unpaired) electrons. The smallest absolute Gasteiger partial charge is 0.337 e. The average Bonchev–Trinajstić information content (AvgIpc) is 2.54. The second kappa shape index (κ2) is 5.28. The molecule has 2 aromatic carbocycles. The Bertz CT molecular complexity index is 697. The van der Waals surface area contributed by atoms with Crippen LogP contribution in [0.1, 0.15) is 10.4 Å². The Morgan fingerprint density at radius 2 is 1.95 bits per heavy atom. The number of anilines is 2. The molecule has 0 bridgehead atoms. The summed E-state index contributed by atoms with van der Waals surface area (Å²) in [6.45, 7) is -0.0630. The molecule has 21 heavy (non-hydrogen) atoms. The van der Waals surface area contributed by atoms with Gasteiger partial charge in [0, 0.05) is 5.69 Å². The summed E-state index contributed by atoms with van der Waals surface area (Å²) in [5, 5.41) is 0. The van der Waals surface area contributed by atoms with Gasteiger partial charge < -0.3 is 9.47 Å². The maximum Gasteiger partial charge on any atom is 0.337 e. The van der Waals surface area contributed by atoms with Crippen LogP contribution in [0.5, 0.6) is 5.75 Å². The number of benzene rings is 2. The van der Waals surface area contributed by atoms with Crippen molar-refractivity contribution in [3.63, 3.8) is 0 Å². The number of methoxy groups -OCH3 is 1. The van der Waals surface area contributed by atoms with E-state index in [0.29, 0.717) is 17.0 Å². The number of amides is 1. The number of carbonyl (C=O) groups excluding carboxylic acids is 2. The lowest BCUT2D eigenvalue weighted by molar-refractivity contribution is -0.120. The highest BCUT2D eigenvalue weighted by Crippen LogP contribution is 2.37. The Morgan fingerprint density at radius 3 is 2.67 bits per heavy atom. The van der Waals surface area contributed by atoms with Gasteiger partial charge in [0.15, 0.2) is 6.61 Å². The molecule has 1 aliphatic rings. The Balaban J connectivity index is 2.06. The van der Waals surface area contributed by atoms with Crippen LogP contribution in [0.4, 0.5) is 11.4 Å². The summed E-state index contributed by atoms with van der Waals surface area (Å²) in [6.07, 6.45) is 0. The number of rotatable bonds is 2. The van der Waals surface area contributed by atoms with E-state index in [4.69, 9.17) is 4.74 Å². The lowest BCUT2D eigenvalue weighted by Gasteiger charge is -2.29. The number of ether oxygens (including phenoxy) is 2. The van der Waals surface area contributed by atoms with E-state index in [9.17, 15) is 9.59 Å². The second-order valence-corrected chi connectivity index (χ2v) is 4.53. The molecule has 1 amide bonds. The summed E-state index contributed by atoms with van der Waals surface area (Å²) in [6, 6.07) is 14.2. The molecule has 3 rings (SSSR count). The zero-order valence-electron chi connectivity index (χ0n) is 11.4. The maximum absolute atomic E-state index is 12.1. The fourth-order valence-electron chi connectivity index (χ4n) is 2.26. The van der Waals surface area contributed by atoms with Crippen molar-refractivity contribution < 1.29 is 19.1 Å². The minimum atomic E-state index is -0.440. The number of esters is 1. The number of fused-ring (bicyclic) bond motifs is 1. The topological polar surface area (TPSA) is 55.8 Å². The fraction of sp³-hybridized carbons (Fsp3) is 0.125. The molecular formula is C16H13NO4. The molecule has 2 aromatic rings. The third-order valence-electron chi connectivity index (χ3n) is 3.24. The van der Waals surface area contributed by atoms with Gasteiger partial charge >= 0.3 is 5.97 Å². The van der Waals surface area contributed by atoms with E-state index >= 15 is 0 Å². The monoisotopic (exact) mass is 283 g/mol. The van der Waals surface area contributed by atoms with Crippen LogP contribution in [0.3, 0.4) is 0 Å². The fourth-order valence-corrected chi connectivity index (χ4v) is 2.26. The quantitative estimate of drug-likeness (QED) is 0.795. The molecule has 0 unspecified atom stereocenters. The minimum Gasteiger partial charge on any atom is -0.482 e. The van der Waals surface area contributed by atoms with Gasteiger partial charge in [-0.3, -0.25) is 9.69 Å². The number of para-hydroxylation sites is 1. The van der Waals surface area contributed by atoms with Gasteiger partial charge in [-0.15, -0.1) is 0 Å². The van der Waals surface area contributed by atoms with Crippen LogP contribution in [-0.4, -0.2) is 25.6 Å². The van der Waals surface area contributed by atoms with Crippen LogP contribution in [-0.2, 0) is 9.53 Å². The zero-order chi connectivity index (χ0) is 14.8. The third kappa shape index (κ3) is 2.33.